The number of nitrogens with zero attached hydrogens (tertiary/aromatic N) is 1. The maximum Gasteiger partial charge on any atom is 0.280 e. The van der Waals surface area contributed by atoms with Crippen LogP contribution in [0.15, 0.2) is 12.1 Å². The van der Waals surface area contributed by atoms with Gasteiger partial charge in [0.25, 0.3) is 6.43 Å². The van der Waals surface area contributed by atoms with Crippen LogP contribution in [-0.4, -0.2) is 10.2 Å². The van der Waals surface area contributed by atoms with Crippen molar-refractivity contribution in [2.45, 2.75) is 6.43 Å². The smallest absolute Gasteiger partial charge is 0.275 e. The van der Waals surface area contributed by atoms with Gasteiger partial charge in [-0.1, -0.05) is 0 Å². The van der Waals surface area contributed by atoms with Gasteiger partial charge in [-0.2, -0.15) is 5.10 Å². The van der Waals surface area contributed by atoms with Gasteiger partial charge in [0.2, 0.25) is 0 Å². The number of H-pyrrole nitrogens is 1. The topological polar surface area (TPSA) is 28.7 Å². The Morgan fingerprint density at radius 3 is 2.57 bits per heavy atom. The van der Waals surface area contributed by atoms with Crippen molar-refractivity contribution in [2.24, 2.45) is 0 Å². The van der Waals surface area contributed by atoms with Crippen LogP contribution >= 0.6 is 0 Å². The van der Waals surface area contributed by atoms with E-state index in [-0.39, 0.29) is 10.9 Å². The van der Waals surface area contributed by atoms with Crippen LogP contribution in [-0.2, 0) is 0 Å². The second-order valence-corrected chi connectivity index (χ2v) is 2.72. The quantitative estimate of drug-likeness (QED) is 0.711. The Bertz CT molecular complexity index is 477. The lowest BCUT2D eigenvalue weighted by molar-refractivity contribution is 0.147. The summed E-state index contributed by atoms with van der Waals surface area (Å²) >= 11 is 0. The molecule has 1 N–H and O–H groups in total. The highest BCUT2D eigenvalue weighted by Gasteiger charge is 2.17. The van der Waals surface area contributed by atoms with Crippen LogP contribution in [0.4, 0.5) is 17.6 Å². The summed E-state index contributed by atoms with van der Waals surface area (Å²) in [4.78, 5) is 0. The van der Waals surface area contributed by atoms with E-state index in [9.17, 15) is 17.6 Å². The van der Waals surface area contributed by atoms with Gasteiger partial charge < -0.3 is 0 Å². The van der Waals surface area contributed by atoms with Gasteiger partial charge in [0.15, 0.2) is 5.82 Å². The van der Waals surface area contributed by atoms with Crippen molar-refractivity contribution in [1.29, 1.82) is 0 Å². The van der Waals surface area contributed by atoms with Crippen molar-refractivity contribution in [3.05, 3.63) is 29.5 Å². The van der Waals surface area contributed by atoms with Gasteiger partial charge in [-0.25, -0.2) is 17.6 Å². The third-order valence-corrected chi connectivity index (χ3v) is 1.82. The molecule has 0 radical (unpaired) electrons. The van der Waals surface area contributed by atoms with Crippen LogP contribution in [0, 0.1) is 11.6 Å². The fourth-order valence-corrected chi connectivity index (χ4v) is 1.23. The van der Waals surface area contributed by atoms with Crippen LogP contribution in [0.2, 0.25) is 0 Å². The fourth-order valence-electron chi connectivity index (χ4n) is 1.23. The van der Waals surface area contributed by atoms with Gasteiger partial charge >= 0.3 is 0 Å². The molecule has 0 bridgehead atoms. The molecule has 1 aromatic carbocycles. The summed E-state index contributed by atoms with van der Waals surface area (Å²) < 4.78 is 50.2. The summed E-state index contributed by atoms with van der Waals surface area (Å²) in [7, 11) is 0. The first kappa shape index (κ1) is 8.98. The average molecular weight is 204 g/mol. The molecule has 0 spiro atoms. The highest BCUT2D eigenvalue weighted by atomic mass is 19.3. The largest absolute Gasteiger partial charge is 0.280 e. The standard InChI is InChI=1S/C8H4F4N2/c9-3-1-4-6(5(10)2-3)13-14-7(4)8(11)12/h1-2,8H,(H,13,14). The predicted molar refractivity (Wildman–Crippen MR) is 41.0 cm³/mol. The molecule has 6 heteroatoms. The van der Waals surface area contributed by atoms with E-state index in [1.807, 2.05) is 5.10 Å². The summed E-state index contributed by atoms with van der Waals surface area (Å²) in [5, 5.41) is 5.08. The number of fused-ring (bicyclic) bond motifs is 1. The molecule has 0 unspecified atom stereocenters. The number of nitrogens with one attached hydrogen (secondary N) is 1. The summed E-state index contributed by atoms with van der Waals surface area (Å²) in [6, 6.07) is 1.42. The summed E-state index contributed by atoms with van der Waals surface area (Å²) in [6.45, 7) is 0. The van der Waals surface area contributed by atoms with Crippen molar-refractivity contribution >= 4 is 10.9 Å². The van der Waals surface area contributed by atoms with Crippen molar-refractivity contribution in [3.8, 4) is 0 Å². The molecule has 14 heavy (non-hydrogen) atoms. The summed E-state index contributed by atoms with van der Waals surface area (Å²) in [5.41, 5.74) is -0.847. The van der Waals surface area contributed by atoms with Gasteiger partial charge in [0, 0.05) is 11.5 Å². The molecule has 0 amide bonds. The lowest BCUT2D eigenvalue weighted by Crippen LogP contribution is -1.85. The highest BCUT2D eigenvalue weighted by molar-refractivity contribution is 5.82. The van der Waals surface area contributed by atoms with Crippen LogP contribution < -0.4 is 0 Å². The second-order valence-electron chi connectivity index (χ2n) is 2.72. The molecule has 2 nitrogen and oxygen atoms in total. The van der Waals surface area contributed by atoms with E-state index in [4.69, 9.17) is 0 Å². The molecule has 0 fully saturated rings. The number of aromatic nitrogens is 2. The Morgan fingerprint density at radius 1 is 1.21 bits per heavy atom. The maximum atomic E-state index is 13.0. The van der Waals surface area contributed by atoms with E-state index < -0.39 is 23.8 Å². The van der Waals surface area contributed by atoms with Crippen molar-refractivity contribution in [1.82, 2.24) is 10.2 Å². The highest BCUT2D eigenvalue weighted by Crippen LogP contribution is 2.27. The first-order valence-corrected chi connectivity index (χ1v) is 3.70. The molecule has 2 rings (SSSR count). The molecule has 1 heterocycles. The average Bonchev–Trinajstić information content (AvgIpc) is 2.47. The number of rotatable bonds is 1. The Hall–Kier alpha value is -1.59. The van der Waals surface area contributed by atoms with Crippen LogP contribution in [0.1, 0.15) is 12.1 Å². The number of benzene rings is 1. The molecule has 0 aliphatic carbocycles. The Balaban J connectivity index is 2.78. The number of hydrogen-bond donors (Lipinski definition) is 1. The first-order chi connectivity index (χ1) is 6.59. The van der Waals surface area contributed by atoms with Gasteiger partial charge in [-0.05, 0) is 6.07 Å². The molecular formula is C8H4F4N2. The SMILES string of the molecule is Fc1cc(F)c2n[nH]c(C(F)F)c2c1. The molecular weight excluding hydrogens is 200 g/mol. The van der Waals surface area contributed by atoms with E-state index in [2.05, 4.69) is 5.10 Å². The van der Waals surface area contributed by atoms with Gasteiger partial charge in [-0.15, -0.1) is 0 Å². The molecule has 74 valence electrons. The zero-order valence-corrected chi connectivity index (χ0v) is 6.69. The maximum absolute atomic E-state index is 13.0. The van der Waals surface area contributed by atoms with Gasteiger partial charge in [0.05, 0.1) is 0 Å². The summed E-state index contributed by atoms with van der Waals surface area (Å²) in [6.07, 6.45) is -2.83. The molecule has 0 aliphatic rings. The Kier molecular flexibility index (Phi) is 1.90. The third kappa shape index (κ3) is 1.23. The van der Waals surface area contributed by atoms with Crippen molar-refractivity contribution in [2.75, 3.05) is 0 Å². The molecule has 0 atom stereocenters. The third-order valence-electron chi connectivity index (χ3n) is 1.82. The summed E-state index contributed by atoms with van der Waals surface area (Å²) in [5.74, 6) is -1.86. The van der Waals surface area contributed by atoms with Gasteiger partial charge in [0.1, 0.15) is 17.0 Å². The zero-order valence-electron chi connectivity index (χ0n) is 6.69. The minimum atomic E-state index is -2.83. The lowest BCUT2D eigenvalue weighted by atomic mass is 10.2. The first-order valence-electron chi connectivity index (χ1n) is 3.70. The lowest BCUT2D eigenvalue weighted by Gasteiger charge is -1.95. The molecule has 0 aliphatic heterocycles. The molecule has 2 aromatic rings. The monoisotopic (exact) mass is 204 g/mol. The Morgan fingerprint density at radius 2 is 1.93 bits per heavy atom. The molecule has 0 saturated heterocycles. The minimum Gasteiger partial charge on any atom is -0.275 e. The van der Waals surface area contributed by atoms with Gasteiger partial charge in [-0.3, -0.25) is 5.10 Å². The fraction of sp³-hybridized carbons (Fsp3) is 0.125. The second kappa shape index (κ2) is 2.97. The van der Waals surface area contributed by atoms with Crippen LogP contribution in [0.25, 0.3) is 10.9 Å². The van der Waals surface area contributed by atoms with E-state index in [1.165, 1.54) is 0 Å². The van der Waals surface area contributed by atoms with Crippen molar-refractivity contribution < 1.29 is 17.6 Å². The Labute approximate surface area is 75.5 Å². The van der Waals surface area contributed by atoms with Crippen LogP contribution in [0.3, 0.4) is 0 Å². The molecule has 0 saturated carbocycles. The van der Waals surface area contributed by atoms with E-state index in [1.54, 1.807) is 0 Å². The number of alkyl halides is 2. The van der Waals surface area contributed by atoms with E-state index in [0.717, 1.165) is 6.07 Å². The van der Waals surface area contributed by atoms with Crippen molar-refractivity contribution in [3.63, 3.8) is 0 Å². The predicted octanol–water partition coefficient (Wildman–Crippen LogP) is 2.78. The number of halogens is 4. The van der Waals surface area contributed by atoms with E-state index in [0.29, 0.717) is 6.07 Å². The number of aromatic amines is 1. The normalized spacial score (nSPS) is 11.5. The zero-order chi connectivity index (χ0) is 10.3. The molecule has 1 aromatic heterocycles. The number of hydrogen-bond acceptors (Lipinski definition) is 1. The minimum absolute atomic E-state index is 0.225. The van der Waals surface area contributed by atoms with E-state index >= 15 is 0 Å². The van der Waals surface area contributed by atoms with Crippen LogP contribution in [0.5, 0.6) is 0 Å².